The average Bonchev–Trinajstić information content (AvgIpc) is 2.67. The van der Waals surface area contributed by atoms with Gasteiger partial charge in [0.1, 0.15) is 0 Å². The van der Waals surface area contributed by atoms with Gasteiger partial charge in [-0.15, -0.1) is 0 Å². The van der Waals surface area contributed by atoms with Crippen LogP contribution >= 0.6 is 0 Å². The number of carbonyl (C=O) groups is 1. The van der Waals surface area contributed by atoms with Gasteiger partial charge in [0.05, 0.1) is 0 Å². The van der Waals surface area contributed by atoms with Gasteiger partial charge in [0.15, 0.2) is 11.5 Å². The van der Waals surface area contributed by atoms with Crippen molar-refractivity contribution in [1.29, 1.82) is 0 Å². The first-order chi connectivity index (χ1) is 8.28. The molecule has 18 heavy (non-hydrogen) atoms. The van der Waals surface area contributed by atoms with E-state index < -0.39 is 5.97 Å². The zero-order valence-electron chi connectivity index (χ0n) is 11.2. The number of rotatable bonds is 4. The molecular weight excluding hydrogens is 230 g/mol. The van der Waals surface area contributed by atoms with Crippen LogP contribution in [-0.4, -0.2) is 27.6 Å². The monoisotopic (exact) mass is 249 g/mol. The Hall–Kier alpha value is -1.65. The lowest BCUT2D eigenvalue weighted by Crippen LogP contribution is -2.14. The molecule has 5 nitrogen and oxygen atoms in total. The van der Waals surface area contributed by atoms with E-state index in [2.05, 4.69) is 43.0 Å². The van der Waals surface area contributed by atoms with Crippen molar-refractivity contribution >= 4 is 11.8 Å². The molecule has 0 unspecified atom stereocenters. The third-order valence-electron chi connectivity index (χ3n) is 4.69. The van der Waals surface area contributed by atoms with Gasteiger partial charge in [-0.2, -0.15) is 0 Å². The maximum atomic E-state index is 11.0. The zero-order chi connectivity index (χ0) is 13.6. The molecule has 0 aliphatic heterocycles. The quantitative estimate of drug-likeness (QED) is 0.856. The van der Waals surface area contributed by atoms with E-state index in [0.717, 1.165) is 6.54 Å². The van der Waals surface area contributed by atoms with E-state index in [1.165, 1.54) is 12.4 Å². The van der Waals surface area contributed by atoms with Crippen LogP contribution in [0.1, 0.15) is 38.2 Å². The van der Waals surface area contributed by atoms with Crippen LogP contribution in [0.4, 0.5) is 5.82 Å². The van der Waals surface area contributed by atoms with Gasteiger partial charge >= 0.3 is 5.97 Å². The predicted molar refractivity (Wildman–Crippen MR) is 68.5 cm³/mol. The van der Waals surface area contributed by atoms with Crippen molar-refractivity contribution in [3.63, 3.8) is 0 Å². The van der Waals surface area contributed by atoms with Crippen LogP contribution in [0.2, 0.25) is 0 Å². The van der Waals surface area contributed by atoms with Crippen LogP contribution in [0.15, 0.2) is 12.4 Å². The van der Waals surface area contributed by atoms with E-state index >= 15 is 0 Å². The highest BCUT2D eigenvalue weighted by molar-refractivity contribution is 5.90. The molecule has 1 aromatic rings. The number of aromatic nitrogens is 2. The van der Waals surface area contributed by atoms with Crippen LogP contribution in [0.25, 0.3) is 0 Å². The van der Waals surface area contributed by atoms with Crippen LogP contribution in [-0.2, 0) is 0 Å². The Bertz CT molecular complexity index is 469. The molecule has 1 aromatic heterocycles. The second-order valence-corrected chi connectivity index (χ2v) is 5.94. The fourth-order valence-electron chi connectivity index (χ4n) is 2.67. The average molecular weight is 249 g/mol. The van der Waals surface area contributed by atoms with Crippen LogP contribution in [0.5, 0.6) is 0 Å². The summed E-state index contributed by atoms with van der Waals surface area (Å²) in [5.41, 5.74) is 0.519. The van der Waals surface area contributed by atoms with E-state index in [1.54, 1.807) is 0 Å². The molecule has 2 rings (SSSR count). The lowest BCUT2D eigenvalue weighted by Gasteiger charge is -2.08. The highest BCUT2D eigenvalue weighted by atomic mass is 16.4. The molecule has 1 aliphatic rings. The lowest BCUT2D eigenvalue weighted by molar-refractivity contribution is 0.0691. The summed E-state index contributed by atoms with van der Waals surface area (Å²) in [5.74, 6) is -0.197. The number of carboxylic acids is 1. The zero-order valence-corrected chi connectivity index (χ0v) is 11.2. The SMILES string of the molecule is CC1(C)C(CNc2nccnc2C(=O)O)C1(C)C. The predicted octanol–water partition coefficient (Wildman–Crippen LogP) is 2.27. The number of carboxylic acid groups (broad SMARTS) is 1. The summed E-state index contributed by atoms with van der Waals surface area (Å²) in [6, 6.07) is 0. The van der Waals surface area contributed by atoms with Crippen LogP contribution < -0.4 is 5.32 Å². The fraction of sp³-hybridized carbons (Fsp3) is 0.615. The van der Waals surface area contributed by atoms with Gasteiger partial charge in [-0.25, -0.2) is 14.8 Å². The Morgan fingerprint density at radius 1 is 1.28 bits per heavy atom. The number of hydrogen-bond donors (Lipinski definition) is 2. The summed E-state index contributed by atoms with van der Waals surface area (Å²) in [4.78, 5) is 18.9. The molecule has 2 N–H and O–H groups in total. The molecular formula is C13H19N3O2. The lowest BCUT2D eigenvalue weighted by atomic mass is 10.0. The largest absolute Gasteiger partial charge is 0.476 e. The number of nitrogens with zero attached hydrogens (tertiary/aromatic N) is 2. The van der Waals surface area contributed by atoms with Gasteiger partial charge in [0, 0.05) is 18.9 Å². The number of anilines is 1. The van der Waals surface area contributed by atoms with Gasteiger partial charge in [0.2, 0.25) is 0 Å². The first-order valence-corrected chi connectivity index (χ1v) is 6.06. The van der Waals surface area contributed by atoms with Crippen molar-refractivity contribution in [2.75, 3.05) is 11.9 Å². The second-order valence-electron chi connectivity index (χ2n) is 5.94. The highest BCUT2D eigenvalue weighted by Crippen LogP contribution is 2.68. The van der Waals surface area contributed by atoms with Crippen LogP contribution in [0.3, 0.4) is 0 Å². The Labute approximate surface area is 107 Å². The summed E-state index contributed by atoms with van der Waals surface area (Å²) >= 11 is 0. The van der Waals surface area contributed by atoms with E-state index in [9.17, 15) is 4.79 Å². The van der Waals surface area contributed by atoms with Crippen molar-refractivity contribution in [2.24, 2.45) is 16.7 Å². The molecule has 0 amide bonds. The molecule has 1 saturated carbocycles. The first-order valence-electron chi connectivity index (χ1n) is 6.06. The van der Waals surface area contributed by atoms with Crippen molar-refractivity contribution < 1.29 is 9.90 Å². The fourth-order valence-corrected chi connectivity index (χ4v) is 2.67. The summed E-state index contributed by atoms with van der Waals surface area (Å²) in [5, 5.41) is 12.1. The van der Waals surface area contributed by atoms with Gasteiger partial charge in [-0.1, -0.05) is 27.7 Å². The summed E-state index contributed by atoms with van der Waals surface area (Å²) in [6.45, 7) is 9.64. The minimum absolute atomic E-state index is 0.0197. The van der Waals surface area contributed by atoms with Crippen molar-refractivity contribution in [1.82, 2.24) is 9.97 Å². The molecule has 1 heterocycles. The smallest absolute Gasteiger partial charge is 0.358 e. The normalized spacial score (nSPS) is 20.4. The van der Waals surface area contributed by atoms with E-state index in [1.807, 2.05) is 0 Å². The number of hydrogen-bond acceptors (Lipinski definition) is 4. The summed E-state index contributed by atoms with van der Waals surface area (Å²) < 4.78 is 0. The van der Waals surface area contributed by atoms with Crippen molar-refractivity contribution in [2.45, 2.75) is 27.7 Å². The first kappa shape index (κ1) is 12.8. The third-order valence-corrected chi connectivity index (χ3v) is 4.69. The molecule has 5 heteroatoms. The Morgan fingerprint density at radius 2 is 1.83 bits per heavy atom. The molecule has 0 spiro atoms. The Balaban J connectivity index is 2.07. The van der Waals surface area contributed by atoms with Gasteiger partial charge in [-0.3, -0.25) is 0 Å². The maximum absolute atomic E-state index is 11.0. The van der Waals surface area contributed by atoms with Crippen LogP contribution in [0, 0.1) is 16.7 Å². The molecule has 98 valence electrons. The standard InChI is InChI=1S/C13H19N3O2/c1-12(2)8(13(12,3)4)7-16-10-9(11(17)18)14-5-6-15-10/h5-6,8H,7H2,1-4H3,(H,15,16)(H,17,18). The third kappa shape index (κ3) is 1.83. The van der Waals surface area contributed by atoms with Gasteiger partial charge in [-0.05, 0) is 16.7 Å². The minimum atomic E-state index is -1.06. The molecule has 1 fully saturated rings. The van der Waals surface area contributed by atoms with E-state index in [4.69, 9.17) is 5.11 Å². The maximum Gasteiger partial charge on any atom is 0.358 e. The number of nitrogens with one attached hydrogen (secondary N) is 1. The minimum Gasteiger partial charge on any atom is -0.476 e. The molecule has 0 atom stereocenters. The molecule has 0 aromatic carbocycles. The summed E-state index contributed by atoms with van der Waals surface area (Å²) in [6.07, 6.45) is 2.89. The molecule has 1 aliphatic carbocycles. The van der Waals surface area contributed by atoms with E-state index in [-0.39, 0.29) is 16.5 Å². The van der Waals surface area contributed by atoms with E-state index in [0.29, 0.717) is 11.7 Å². The number of aromatic carboxylic acids is 1. The highest BCUT2D eigenvalue weighted by Gasteiger charge is 2.64. The van der Waals surface area contributed by atoms with Gasteiger partial charge in [0.25, 0.3) is 0 Å². The second kappa shape index (κ2) is 3.93. The molecule has 0 radical (unpaired) electrons. The van der Waals surface area contributed by atoms with Crippen molar-refractivity contribution in [3.05, 3.63) is 18.1 Å². The molecule has 0 bridgehead atoms. The Morgan fingerprint density at radius 3 is 2.33 bits per heavy atom. The molecule has 0 saturated heterocycles. The van der Waals surface area contributed by atoms with Crippen molar-refractivity contribution in [3.8, 4) is 0 Å². The van der Waals surface area contributed by atoms with Gasteiger partial charge < -0.3 is 10.4 Å². The topological polar surface area (TPSA) is 75.1 Å². The Kier molecular flexibility index (Phi) is 2.80. The summed E-state index contributed by atoms with van der Waals surface area (Å²) in [7, 11) is 0.